The summed E-state index contributed by atoms with van der Waals surface area (Å²) in [5, 5.41) is 22.9. The molecule has 1 aliphatic rings. The van der Waals surface area contributed by atoms with Crippen molar-refractivity contribution in [2.24, 2.45) is 4.99 Å². The first-order chi connectivity index (χ1) is 14.9. The van der Waals surface area contributed by atoms with E-state index >= 15 is 0 Å². The Morgan fingerprint density at radius 2 is 1.97 bits per heavy atom. The molecule has 156 valence electrons. The van der Waals surface area contributed by atoms with Gasteiger partial charge in [-0.2, -0.15) is 0 Å². The summed E-state index contributed by atoms with van der Waals surface area (Å²) in [7, 11) is 0. The Morgan fingerprint density at radius 3 is 2.68 bits per heavy atom. The summed E-state index contributed by atoms with van der Waals surface area (Å²) in [6, 6.07) is 14.1. The Balaban J connectivity index is 1.65. The van der Waals surface area contributed by atoms with E-state index in [1.807, 2.05) is 49.4 Å². The highest BCUT2D eigenvalue weighted by atomic mass is 16.6. The van der Waals surface area contributed by atoms with Crippen LogP contribution in [0, 0.1) is 17.0 Å². The molecule has 6 nitrogen and oxygen atoms in total. The van der Waals surface area contributed by atoms with Crippen molar-refractivity contribution >= 4 is 27.9 Å². The number of nitro benzene ring substituents is 1. The van der Waals surface area contributed by atoms with Crippen molar-refractivity contribution in [3.05, 3.63) is 106 Å². The molecule has 0 aliphatic heterocycles. The lowest BCUT2D eigenvalue weighted by Gasteiger charge is -2.22. The van der Waals surface area contributed by atoms with Gasteiger partial charge in [0.1, 0.15) is 17.4 Å². The van der Waals surface area contributed by atoms with Gasteiger partial charge in [-0.3, -0.25) is 15.1 Å². The van der Waals surface area contributed by atoms with Crippen LogP contribution in [0.4, 0.5) is 5.69 Å². The van der Waals surface area contributed by atoms with Crippen molar-refractivity contribution in [3.63, 3.8) is 0 Å². The summed E-state index contributed by atoms with van der Waals surface area (Å²) >= 11 is 0. The highest BCUT2D eigenvalue weighted by Gasteiger charge is 2.23. The van der Waals surface area contributed by atoms with Gasteiger partial charge in [0.15, 0.2) is 0 Å². The van der Waals surface area contributed by atoms with Crippen LogP contribution in [0.3, 0.4) is 0 Å². The van der Waals surface area contributed by atoms with Crippen molar-refractivity contribution in [2.75, 3.05) is 0 Å². The van der Waals surface area contributed by atoms with Crippen LogP contribution in [0.25, 0.3) is 16.5 Å². The number of fused-ring (bicyclic) bond motifs is 1. The first kappa shape index (κ1) is 20.5. The number of hydrogen-bond acceptors (Lipinski definition) is 5. The zero-order valence-electron chi connectivity index (χ0n) is 17.1. The van der Waals surface area contributed by atoms with Crippen LogP contribution in [0.5, 0.6) is 0 Å². The normalized spacial score (nSPS) is 17.5. The second-order valence-corrected chi connectivity index (χ2v) is 7.49. The Bertz CT molecular complexity index is 1250. The van der Waals surface area contributed by atoms with E-state index in [0.717, 1.165) is 39.0 Å². The predicted octanol–water partition coefficient (Wildman–Crippen LogP) is 5.55. The van der Waals surface area contributed by atoms with Crippen LogP contribution in [0.1, 0.15) is 23.3 Å². The molecule has 1 unspecified atom stereocenters. The molecular formula is C25H22N2O4. The highest BCUT2D eigenvalue weighted by Crippen LogP contribution is 2.31. The van der Waals surface area contributed by atoms with Gasteiger partial charge in [0, 0.05) is 17.5 Å². The first-order valence-electron chi connectivity index (χ1n) is 9.94. The lowest BCUT2D eigenvalue weighted by Crippen LogP contribution is -2.24. The van der Waals surface area contributed by atoms with Crippen molar-refractivity contribution in [3.8, 4) is 0 Å². The number of rotatable bonds is 6. The molecule has 0 saturated carbocycles. The van der Waals surface area contributed by atoms with Gasteiger partial charge >= 0.3 is 0 Å². The molecule has 0 fully saturated rings. The molecule has 1 N–H and O–H groups in total. The van der Waals surface area contributed by atoms with Gasteiger partial charge < -0.3 is 9.52 Å². The predicted molar refractivity (Wildman–Crippen MR) is 122 cm³/mol. The Hall–Kier alpha value is -3.77. The molecular weight excluding hydrogens is 392 g/mol. The standard InChI is InChI=1S/C25H22N2O4/c1-3-4-18-12-22(19-7-10-24-20(14-19)11-16(2)31-24)25(28)23(13-18)26-15-17-5-8-21(9-6-17)27(29)30/h3,5-14,25,28H,1,4,15H2,2H3/b26-23+. The number of nitrogens with zero attached hydrogens (tertiary/aromatic N) is 2. The zero-order valence-corrected chi connectivity index (χ0v) is 17.1. The number of aliphatic hydroxyl groups excluding tert-OH is 1. The molecule has 0 bridgehead atoms. The van der Waals surface area contributed by atoms with Gasteiger partial charge in [-0.25, -0.2) is 0 Å². The molecule has 0 radical (unpaired) electrons. The number of nitro groups is 1. The van der Waals surface area contributed by atoms with Gasteiger partial charge in [0.2, 0.25) is 0 Å². The smallest absolute Gasteiger partial charge is 0.269 e. The maximum atomic E-state index is 11.1. The SMILES string of the molecule is C=CCC1=C/C(=N\Cc2ccc([N+](=O)[O-])cc2)C(O)C(c2ccc3oc(C)cc3c2)=C1. The number of allylic oxidation sites excluding steroid dienone is 3. The van der Waals surface area contributed by atoms with E-state index in [4.69, 9.17) is 4.42 Å². The average molecular weight is 414 g/mol. The topological polar surface area (TPSA) is 88.9 Å². The lowest BCUT2D eigenvalue weighted by atomic mass is 9.88. The molecule has 1 aromatic heterocycles. The number of aryl methyl sites for hydroxylation is 1. The van der Waals surface area contributed by atoms with Crippen molar-refractivity contribution in [2.45, 2.75) is 26.0 Å². The fraction of sp³-hybridized carbons (Fsp3) is 0.160. The third-order valence-electron chi connectivity index (χ3n) is 5.19. The van der Waals surface area contributed by atoms with Crippen molar-refractivity contribution in [1.82, 2.24) is 0 Å². The van der Waals surface area contributed by atoms with Gasteiger partial charge in [-0.1, -0.05) is 30.4 Å². The monoisotopic (exact) mass is 414 g/mol. The second kappa shape index (κ2) is 8.53. The Labute approximate surface area is 179 Å². The van der Waals surface area contributed by atoms with E-state index in [2.05, 4.69) is 11.6 Å². The molecule has 6 heteroatoms. The highest BCUT2D eigenvalue weighted by molar-refractivity contribution is 6.09. The van der Waals surface area contributed by atoms with E-state index in [1.165, 1.54) is 12.1 Å². The molecule has 1 heterocycles. The summed E-state index contributed by atoms with van der Waals surface area (Å²) in [5.41, 5.74) is 4.90. The molecule has 1 aliphatic carbocycles. The minimum absolute atomic E-state index is 0.0392. The average Bonchev–Trinajstić information content (AvgIpc) is 3.13. The van der Waals surface area contributed by atoms with E-state index in [-0.39, 0.29) is 5.69 Å². The number of furan rings is 1. The third-order valence-corrected chi connectivity index (χ3v) is 5.19. The van der Waals surface area contributed by atoms with Crippen molar-refractivity contribution < 1.29 is 14.4 Å². The minimum atomic E-state index is -0.878. The fourth-order valence-corrected chi connectivity index (χ4v) is 3.67. The number of aliphatic imine (C=N–C) groups is 1. The number of non-ortho nitro benzene ring substituents is 1. The second-order valence-electron chi connectivity index (χ2n) is 7.49. The maximum Gasteiger partial charge on any atom is 0.269 e. The van der Waals surface area contributed by atoms with E-state index in [9.17, 15) is 15.2 Å². The molecule has 2 aromatic carbocycles. The van der Waals surface area contributed by atoms with Crippen LogP contribution in [-0.4, -0.2) is 21.8 Å². The Morgan fingerprint density at radius 1 is 1.19 bits per heavy atom. The summed E-state index contributed by atoms with van der Waals surface area (Å²) in [5.74, 6) is 0.836. The molecule has 3 aromatic rings. The Kier molecular flexibility index (Phi) is 5.64. The number of benzene rings is 2. The van der Waals surface area contributed by atoms with Gasteiger partial charge in [-0.05, 0) is 59.9 Å². The van der Waals surface area contributed by atoms with Crippen LogP contribution in [-0.2, 0) is 6.54 Å². The van der Waals surface area contributed by atoms with Crippen LogP contribution in [0.15, 0.2) is 88.3 Å². The lowest BCUT2D eigenvalue weighted by molar-refractivity contribution is -0.384. The third kappa shape index (κ3) is 4.39. The molecule has 1 atom stereocenters. The van der Waals surface area contributed by atoms with E-state index in [0.29, 0.717) is 18.7 Å². The largest absolute Gasteiger partial charge is 0.461 e. The van der Waals surface area contributed by atoms with Gasteiger partial charge in [0.05, 0.1) is 17.2 Å². The van der Waals surface area contributed by atoms with Gasteiger partial charge in [-0.15, -0.1) is 6.58 Å². The summed E-state index contributed by atoms with van der Waals surface area (Å²) < 4.78 is 5.66. The quantitative estimate of drug-likeness (QED) is 0.325. The molecule has 0 spiro atoms. The summed E-state index contributed by atoms with van der Waals surface area (Å²) in [6.45, 7) is 6.04. The molecule has 0 amide bonds. The minimum Gasteiger partial charge on any atom is -0.461 e. The van der Waals surface area contributed by atoms with E-state index < -0.39 is 11.0 Å². The van der Waals surface area contributed by atoms with Gasteiger partial charge in [0.25, 0.3) is 5.69 Å². The summed E-state index contributed by atoms with van der Waals surface area (Å²) in [6.07, 6.45) is 5.44. The number of aliphatic hydroxyl groups is 1. The van der Waals surface area contributed by atoms with Crippen molar-refractivity contribution in [1.29, 1.82) is 0 Å². The fourth-order valence-electron chi connectivity index (χ4n) is 3.67. The number of hydrogen-bond donors (Lipinski definition) is 1. The van der Waals surface area contributed by atoms with Crippen LogP contribution in [0.2, 0.25) is 0 Å². The molecule has 0 saturated heterocycles. The molecule has 31 heavy (non-hydrogen) atoms. The molecule has 4 rings (SSSR count). The first-order valence-corrected chi connectivity index (χ1v) is 9.94. The maximum absolute atomic E-state index is 11.1. The summed E-state index contributed by atoms with van der Waals surface area (Å²) in [4.78, 5) is 15.0. The van der Waals surface area contributed by atoms with Crippen LogP contribution < -0.4 is 0 Å². The van der Waals surface area contributed by atoms with Crippen LogP contribution >= 0.6 is 0 Å². The zero-order chi connectivity index (χ0) is 22.0. The van der Waals surface area contributed by atoms with E-state index in [1.54, 1.807) is 12.1 Å².